The maximum atomic E-state index is 13.4. The van der Waals surface area contributed by atoms with Crippen LogP contribution >= 0.6 is 11.6 Å². The summed E-state index contributed by atoms with van der Waals surface area (Å²) in [4.78, 5) is 15.5. The molecular weight excluding hydrogens is 377 g/mol. The summed E-state index contributed by atoms with van der Waals surface area (Å²) in [6.07, 6.45) is 0. The lowest BCUT2D eigenvalue weighted by Gasteiger charge is -2.11. The van der Waals surface area contributed by atoms with E-state index in [0.717, 1.165) is 27.7 Å². The number of rotatable bonds is 3. The van der Waals surface area contributed by atoms with E-state index in [1.807, 2.05) is 37.3 Å². The first-order chi connectivity index (χ1) is 13.5. The lowest BCUT2D eigenvalue weighted by molar-refractivity contribution is 0.262. The molecule has 0 unspecified atom stereocenters. The van der Waals surface area contributed by atoms with Crippen molar-refractivity contribution in [2.75, 3.05) is 10.6 Å². The van der Waals surface area contributed by atoms with Crippen molar-refractivity contribution in [3.8, 4) is 11.3 Å². The average molecular weight is 394 g/mol. The number of hydrogen-bond donors (Lipinski definition) is 3. The molecule has 4 nitrogen and oxygen atoms in total. The van der Waals surface area contributed by atoms with Crippen LogP contribution in [0.5, 0.6) is 0 Å². The van der Waals surface area contributed by atoms with Crippen LogP contribution in [0.15, 0.2) is 66.7 Å². The molecule has 0 radical (unpaired) electrons. The number of H-pyrrole nitrogens is 1. The topological polar surface area (TPSA) is 56.9 Å². The van der Waals surface area contributed by atoms with Crippen LogP contribution in [0.25, 0.3) is 22.2 Å². The maximum absolute atomic E-state index is 13.4. The summed E-state index contributed by atoms with van der Waals surface area (Å²) in [7, 11) is 0. The number of benzene rings is 3. The van der Waals surface area contributed by atoms with Crippen molar-refractivity contribution in [1.82, 2.24) is 4.98 Å². The SMILES string of the molecule is Cc1c(Cl)cccc1NC(=O)Nc1ccc(-c2cc3cc(F)ccc3[nH]2)cc1. The zero-order chi connectivity index (χ0) is 19.7. The molecule has 0 saturated heterocycles. The van der Waals surface area contributed by atoms with Crippen LogP contribution in [0.1, 0.15) is 5.56 Å². The molecule has 0 spiro atoms. The molecule has 3 aromatic carbocycles. The number of carbonyl (C=O) groups is 1. The van der Waals surface area contributed by atoms with Crippen LogP contribution in [0.3, 0.4) is 0 Å². The molecule has 0 aliphatic heterocycles. The van der Waals surface area contributed by atoms with Crippen molar-refractivity contribution in [3.63, 3.8) is 0 Å². The Morgan fingerprint density at radius 2 is 1.79 bits per heavy atom. The molecule has 6 heteroatoms. The van der Waals surface area contributed by atoms with E-state index in [1.165, 1.54) is 12.1 Å². The van der Waals surface area contributed by atoms with Gasteiger partial charge in [0.25, 0.3) is 0 Å². The molecule has 0 bridgehead atoms. The molecule has 1 heterocycles. The number of urea groups is 1. The monoisotopic (exact) mass is 393 g/mol. The number of anilines is 2. The zero-order valence-corrected chi connectivity index (χ0v) is 15.8. The minimum absolute atomic E-state index is 0.265. The average Bonchev–Trinajstić information content (AvgIpc) is 3.09. The van der Waals surface area contributed by atoms with Crippen molar-refractivity contribution < 1.29 is 9.18 Å². The highest BCUT2D eigenvalue weighted by Gasteiger charge is 2.08. The molecule has 0 aliphatic carbocycles. The molecule has 0 fully saturated rings. The Bertz CT molecular complexity index is 1170. The van der Waals surface area contributed by atoms with Gasteiger partial charge in [-0.25, -0.2) is 9.18 Å². The van der Waals surface area contributed by atoms with E-state index in [-0.39, 0.29) is 11.8 Å². The minimum Gasteiger partial charge on any atom is -0.355 e. The fraction of sp³-hybridized carbons (Fsp3) is 0.0455. The zero-order valence-electron chi connectivity index (χ0n) is 15.0. The van der Waals surface area contributed by atoms with Gasteiger partial charge >= 0.3 is 6.03 Å². The Morgan fingerprint density at radius 3 is 2.57 bits per heavy atom. The summed E-state index contributed by atoms with van der Waals surface area (Å²) in [6.45, 7) is 1.85. The quantitative estimate of drug-likeness (QED) is 0.361. The molecule has 0 atom stereocenters. The van der Waals surface area contributed by atoms with Crippen molar-refractivity contribution in [2.24, 2.45) is 0 Å². The third-order valence-corrected chi connectivity index (χ3v) is 4.96. The molecular formula is C22H17ClFN3O. The van der Waals surface area contributed by atoms with Gasteiger partial charge in [-0.2, -0.15) is 0 Å². The van der Waals surface area contributed by atoms with E-state index in [1.54, 1.807) is 24.3 Å². The predicted octanol–water partition coefficient (Wildman–Crippen LogP) is 6.58. The number of amides is 2. The number of aromatic nitrogens is 1. The normalized spacial score (nSPS) is 10.8. The van der Waals surface area contributed by atoms with E-state index in [4.69, 9.17) is 11.6 Å². The fourth-order valence-corrected chi connectivity index (χ4v) is 3.19. The summed E-state index contributed by atoms with van der Waals surface area (Å²) in [5.41, 5.74) is 4.81. The fourth-order valence-electron chi connectivity index (χ4n) is 3.02. The standard InChI is InChI=1S/C22H17ClFN3O/c1-13-18(23)3-2-4-19(13)27-22(28)25-17-8-5-14(6-9-17)21-12-15-11-16(24)7-10-20(15)26-21/h2-12,26H,1H3,(H2,25,27,28). The highest BCUT2D eigenvalue weighted by atomic mass is 35.5. The second-order valence-corrected chi connectivity index (χ2v) is 6.89. The first-order valence-electron chi connectivity index (χ1n) is 8.71. The minimum atomic E-state index is -0.348. The van der Waals surface area contributed by atoms with E-state index in [9.17, 15) is 9.18 Å². The second-order valence-electron chi connectivity index (χ2n) is 6.48. The van der Waals surface area contributed by atoms with E-state index in [2.05, 4.69) is 15.6 Å². The van der Waals surface area contributed by atoms with Crippen LogP contribution in [0.2, 0.25) is 5.02 Å². The van der Waals surface area contributed by atoms with Crippen LogP contribution in [0, 0.1) is 12.7 Å². The number of aromatic amines is 1. The summed E-state index contributed by atoms with van der Waals surface area (Å²) >= 11 is 6.08. The van der Waals surface area contributed by atoms with E-state index < -0.39 is 0 Å². The Labute approximate surface area is 166 Å². The van der Waals surface area contributed by atoms with E-state index >= 15 is 0 Å². The second kappa shape index (κ2) is 7.37. The third kappa shape index (κ3) is 3.70. The first kappa shape index (κ1) is 18.1. The van der Waals surface area contributed by atoms with Gasteiger partial charge in [-0.15, -0.1) is 0 Å². The number of halogens is 2. The summed E-state index contributed by atoms with van der Waals surface area (Å²) in [5.74, 6) is -0.265. The first-order valence-corrected chi connectivity index (χ1v) is 9.09. The van der Waals surface area contributed by atoms with Gasteiger partial charge in [0.2, 0.25) is 0 Å². The van der Waals surface area contributed by atoms with Crippen LogP contribution in [0.4, 0.5) is 20.6 Å². The molecule has 140 valence electrons. The van der Waals surface area contributed by atoms with Crippen molar-refractivity contribution in [3.05, 3.63) is 83.1 Å². The molecule has 2 amide bonds. The van der Waals surface area contributed by atoms with Gasteiger partial charge in [0.1, 0.15) is 5.82 Å². The molecule has 0 aliphatic rings. The summed E-state index contributed by atoms with van der Waals surface area (Å²) < 4.78 is 13.4. The number of fused-ring (bicyclic) bond motifs is 1. The van der Waals surface area contributed by atoms with Gasteiger partial charge in [0, 0.05) is 33.0 Å². The van der Waals surface area contributed by atoms with Crippen LogP contribution in [-0.2, 0) is 0 Å². The maximum Gasteiger partial charge on any atom is 0.323 e. The van der Waals surface area contributed by atoms with Gasteiger partial charge in [0.05, 0.1) is 0 Å². The van der Waals surface area contributed by atoms with Gasteiger partial charge in [-0.3, -0.25) is 0 Å². The highest BCUT2D eigenvalue weighted by Crippen LogP contribution is 2.26. The largest absolute Gasteiger partial charge is 0.355 e. The lowest BCUT2D eigenvalue weighted by atomic mass is 10.1. The Hall–Kier alpha value is -3.31. The summed E-state index contributed by atoms with van der Waals surface area (Å²) in [5, 5.41) is 7.00. The Morgan fingerprint density at radius 1 is 1.00 bits per heavy atom. The molecule has 0 saturated carbocycles. The van der Waals surface area contributed by atoms with Gasteiger partial charge < -0.3 is 15.6 Å². The van der Waals surface area contributed by atoms with Crippen molar-refractivity contribution in [2.45, 2.75) is 6.92 Å². The molecule has 4 aromatic rings. The summed E-state index contributed by atoms with van der Waals surface area (Å²) in [6, 6.07) is 18.9. The molecule has 1 aromatic heterocycles. The molecule has 4 rings (SSSR count). The Kier molecular flexibility index (Phi) is 4.75. The van der Waals surface area contributed by atoms with E-state index in [0.29, 0.717) is 16.4 Å². The van der Waals surface area contributed by atoms with Gasteiger partial charge in [-0.05, 0) is 66.6 Å². The van der Waals surface area contributed by atoms with Crippen LogP contribution < -0.4 is 10.6 Å². The predicted molar refractivity (Wildman–Crippen MR) is 113 cm³/mol. The number of hydrogen-bond acceptors (Lipinski definition) is 1. The van der Waals surface area contributed by atoms with Gasteiger partial charge in [-0.1, -0.05) is 29.8 Å². The van der Waals surface area contributed by atoms with Gasteiger partial charge in [0.15, 0.2) is 0 Å². The highest BCUT2D eigenvalue weighted by molar-refractivity contribution is 6.31. The van der Waals surface area contributed by atoms with Crippen molar-refractivity contribution >= 4 is 39.9 Å². The van der Waals surface area contributed by atoms with Crippen LogP contribution in [-0.4, -0.2) is 11.0 Å². The van der Waals surface area contributed by atoms with Crippen molar-refractivity contribution in [1.29, 1.82) is 0 Å². The number of nitrogens with one attached hydrogen (secondary N) is 3. The smallest absolute Gasteiger partial charge is 0.323 e. The Balaban J connectivity index is 1.48. The number of carbonyl (C=O) groups excluding carboxylic acids is 1. The third-order valence-electron chi connectivity index (χ3n) is 4.55. The lowest BCUT2D eigenvalue weighted by Crippen LogP contribution is -2.19. The molecule has 28 heavy (non-hydrogen) atoms. The molecule has 3 N–H and O–H groups in total.